The van der Waals surface area contributed by atoms with Crippen LogP contribution in [0.4, 0.5) is 0 Å². The molecule has 1 rings (SSSR count). The molecule has 0 saturated carbocycles. The quantitative estimate of drug-likeness (QED) is 0.330. The second-order valence-corrected chi connectivity index (χ2v) is 6.03. The molecule has 0 bridgehead atoms. The van der Waals surface area contributed by atoms with Gasteiger partial charge in [0.25, 0.3) is 0 Å². The molecule has 0 unspecified atom stereocenters. The van der Waals surface area contributed by atoms with Crippen molar-refractivity contribution in [3.8, 4) is 11.5 Å². The lowest BCUT2D eigenvalue weighted by molar-refractivity contribution is -0.118. The van der Waals surface area contributed by atoms with Crippen molar-refractivity contribution in [2.24, 2.45) is 0 Å². The molecule has 0 spiro atoms. The van der Waals surface area contributed by atoms with E-state index in [0.717, 1.165) is 19.3 Å². The lowest BCUT2D eigenvalue weighted by Gasteiger charge is -2.06. The third kappa shape index (κ3) is 7.31. The fourth-order valence-corrected chi connectivity index (χ4v) is 2.63. The molecule has 0 aliphatic heterocycles. The van der Waals surface area contributed by atoms with Crippen LogP contribution < -0.4 is 0 Å². The predicted octanol–water partition coefficient (Wildman–Crippen LogP) is 4.77. The summed E-state index contributed by atoms with van der Waals surface area (Å²) >= 11 is 0. The molecule has 23 heavy (non-hydrogen) atoms. The summed E-state index contributed by atoms with van der Waals surface area (Å²) < 4.78 is 0. The summed E-state index contributed by atoms with van der Waals surface area (Å²) in [5.74, 6) is -1.22. The zero-order valence-corrected chi connectivity index (χ0v) is 14.0. The van der Waals surface area contributed by atoms with E-state index in [1.807, 2.05) is 0 Å². The number of carbonyl (C=O) groups is 2. The van der Waals surface area contributed by atoms with E-state index in [1.165, 1.54) is 50.3 Å². The first-order chi connectivity index (χ1) is 11.1. The number of phenols is 2. The maximum atomic E-state index is 12.0. The Morgan fingerprint density at radius 3 is 1.96 bits per heavy atom. The van der Waals surface area contributed by atoms with Gasteiger partial charge in [0, 0.05) is 6.42 Å². The van der Waals surface area contributed by atoms with Crippen LogP contribution in [0.3, 0.4) is 0 Å². The Bertz CT molecular complexity index is 488. The Morgan fingerprint density at radius 2 is 1.39 bits per heavy atom. The summed E-state index contributed by atoms with van der Waals surface area (Å²) in [6.07, 6.45) is 9.34. The summed E-state index contributed by atoms with van der Waals surface area (Å²) in [6.45, 7) is 2.20. The molecule has 2 N–H and O–H groups in total. The number of hydrogen-bond donors (Lipinski definition) is 2. The summed E-state index contributed by atoms with van der Waals surface area (Å²) in [7, 11) is 0. The van der Waals surface area contributed by atoms with Crippen molar-refractivity contribution in [3.63, 3.8) is 0 Å². The first-order valence-electron chi connectivity index (χ1n) is 8.62. The molecule has 1 aromatic carbocycles. The minimum Gasteiger partial charge on any atom is -0.507 e. The average molecular weight is 320 g/mol. The molecule has 0 radical (unpaired) electrons. The third-order valence-electron chi connectivity index (χ3n) is 3.97. The maximum Gasteiger partial charge on any atom is 0.177 e. The number of rotatable bonds is 12. The van der Waals surface area contributed by atoms with Crippen molar-refractivity contribution in [3.05, 3.63) is 23.8 Å². The van der Waals surface area contributed by atoms with Gasteiger partial charge in [-0.25, -0.2) is 0 Å². The lowest BCUT2D eigenvalue weighted by atomic mass is 10.0. The van der Waals surface area contributed by atoms with E-state index >= 15 is 0 Å². The number of ketones is 2. The zero-order chi connectivity index (χ0) is 17.1. The summed E-state index contributed by atoms with van der Waals surface area (Å²) in [5.41, 5.74) is -0.156. The molecule has 0 atom stereocenters. The number of carbonyl (C=O) groups excluding carboxylic acids is 2. The number of benzene rings is 1. The predicted molar refractivity (Wildman–Crippen MR) is 91.0 cm³/mol. The van der Waals surface area contributed by atoms with Gasteiger partial charge in [-0.15, -0.1) is 0 Å². The van der Waals surface area contributed by atoms with Crippen LogP contribution in [0.5, 0.6) is 11.5 Å². The molecule has 1 aromatic rings. The van der Waals surface area contributed by atoms with Gasteiger partial charge in [0.05, 0.1) is 6.42 Å². The number of aromatic hydroxyl groups is 2. The van der Waals surface area contributed by atoms with Gasteiger partial charge in [-0.05, 0) is 18.6 Å². The molecule has 4 nitrogen and oxygen atoms in total. The Balaban J connectivity index is 2.23. The number of hydrogen-bond acceptors (Lipinski definition) is 4. The van der Waals surface area contributed by atoms with Crippen LogP contribution >= 0.6 is 0 Å². The molecule has 128 valence electrons. The van der Waals surface area contributed by atoms with E-state index in [4.69, 9.17) is 0 Å². The van der Waals surface area contributed by atoms with E-state index in [1.54, 1.807) is 0 Å². The molecule has 0 saturated heterocycles. The van der Waals surface area contributed by atoms with Gasteiger partial charge in [-0.2, -0.15) is 0 Å². The summed E-state index contributed by atoms with van der Waals surface area (Å²) in [6, 6.07) is 4.11. The van der Waals surface area contributed by atoms with Crippen LogP contribution in [0.15, 0.2) is 18.2 Å². The Kier molecular flexibility index (Phi) is 9.03. The molecular weight excluding hydrogens is 292 g/mol. The second-order valence-electron chi connectivity index (χ2n) is 6.03. The van der Waals surface area contributed by atoms with E-state index in [2.05, 4.69) is 6.92 Å². The molecule has 0 heterocycles. The fraction of sp³-hybridized carbons (Fsp3) is 0.579. The molecular formula is C19H28O4. The minimum absolute atomic E-state index is 0.136. The standard InChI is InChI=1S/C19H28O4/c1-2-3-4-5-6-7-8-9-11-15(20)14-18(23)19-16(21)12-10-13-17(19)22/h10,12-13,21-22H,2-9,11,14H2,1H3. The van der Waals surface area contributed by atoms with Crippen LogP contribution in [0.1, 0.15) is 81.5 Å². The Hall–Kier alpha value is -1.84. The Morgan fingerprint density at radius 1 is 0.870 bits per heavy atom. The van der Waals surface area contributed by atoms with E-state index in [0.29, 0.717) is 6.42 Å². The number of unbranched alkanes of at least 4 members (excludes halogenated alkanes) is 7. The maximum absolute atomic E-state index is 12.0. The van der Waals surface area contributed by atoms with Crippen molar-refractivity contribution in [2.45, 2.75) is 71.1 Å². The molecule has 0 aliphatic rings. The van der Waals surface area contributed by atoms with Crippen molar-refractivity contribution >= 4 is 11.6 Å². The van der Waals surface area contributed by atoms with Gasteiger partial charge in [0.15, 0.2) is 5.78 Å². The highest BCUT2D eigenvalue weighted by Gasteiger charge is 2.18. The third-order valence-corrected chi connectivity index (χ3v) is 3.97. The van der Waals surface area contributed by atoms with Crippen LogP contribution in [-0.4, -0.2) is 21.8 Å². The van der Waals surface area contributed by atoms with Gasteiger partial charge >= 0.3 is 0 Å². The lowest BCUT2D eigenvalue weighted by Crippen LogP contribution is -2.08. The molecule has 0 fully saturated rings. The average Bonchev–Trinajstić information content (AvgIpc) is 2.49. The van der Waals surface area contributed by atoms with Crippen LogP contribution in [0.25, 0.3) is 0 Å². The van der Waals surface area contributed by atoms with Gasteiger partial charge in [-0.1, -0.05) is 57.9 Å². The van der Waals surface area contributed by atoms with Crippen molar-refractivity contribution in [1.29, 1.82) is 0 Å². The SMILES string of the molecule is CCCCCCCCCCC(=O)CC(=O)c1c(O)cccc1O. The molecule has 4 heteroatoms. The van der Waals surface area contributed by atoms with Gasteiger partial charge < -0.3 is 10.2 Å². The number of phenolic OH excluding ortho intramolecular Hbond substituents is 2. The molecule has 0 amide bonds. The molecule has 0 aromatic heterocycles. The fourth-order valence-electron chi connectivity index (χ4n) is 2.63. The highest BCUT2D eigenvalue weighted by molar-refractivity contribution is 6.10. The first kappa shape index (κ1) is 19.2. The van der Waals surface area contributed by atoms with Crippen molar-refractivity contribution in [2.75, 3.05) is 0 Å². The van der Waals surface area contributed by atoms with Gasteiger partial charge in [0.1, 0.15) is 22.8 Å². The summed E-state index contributed by atoms with van der Waals surface area (Å²) in [5, 5.41) is 19.2. The van der Waals surface area contributed by atoms with E-state index in [-0.39, 0.29) is 29.3 Å². The first-order valence-corrected chi connectivity index (χ1v) is 8.62. The van der Waals surface area contributed by atoms with Gasteiger partial charge in [-0.3, -0.25) is 9.59 Å². The zero-order valence-electron chi connectivity index (χ0n) is 14.0. The Labute approximate surface area is 138 Å². The monoisotopic (exact) mass is 320 g/mol. The van der Waals surface area contributed by atoms with Crippen LogP contribution in [0.2, 0.25) is 0 Å². The minimum atomic E-state index is -0.523. The number of Topliss-reactive ketones (excluding diaryl/α,β-unsaturated/α-hetero) is 2. The molecule has 0 aliphatic carbocycles. The van der Waals surface area contributed by atoms with Crippen LogP contribution in [0, 0.1) is 0 Å². The second kappa shape index (κ2) is 10.8. The highest BCUT2D eigenvalue weighted by Crippen LogP contribution is 2.27. The highest BCUT2D eigenvalue weighted by atomic mass is 16.3. The van der Waals surface area contributed by atoms with E-state index < -0.39 is 5.78 Å². The topological polar surface area (TPSA) is 74.6 Å². The van der Waals surface area contributed by atoms with Crippen molar-refractivity contribution < 1.29 is 19.8 Å². The summed E-state index contributed by atoms with van der Waals surface area (Å²) in [4.78, 5) is 23.8. The van der Waals surface area contributed by atoms with Crippen molar-refractivity contribution in [1.82, 2.24) is 0 Å². The smallest absolute Gasteiger partial charge is 0.177 e. The van der Waals surface area contributed by atoms with E-state index in [9.17, 15) is 19.8 Å². The normalized spacial score (nSPS) is 10.7. The largest absolute Gasteiger partial charge is 0.507 e. The van der Waals surface area contributed by atoms with Crippen LogP contribution in [-0.2, 0) is 4.79 Å². The van der Waals surface area contributed by atoms with Gasteiger partial charge in [0.2, 0.25) is 0 Å².